The highest BCUT2D eigenvalue weighted by atomic mass is 35.5. The number of carbonyl (C=O) groups is 1. The Morgan fingerprint density at radius 2 is 2.00 bits per heavy atom. The molecule has 0 atom stereocenters. The van der Waals surface area contributed by atoms with E-state index in [0.717, 1.165) is 6.42 Å². The lowest BCUT2D eigenvalue weighted by Gasteiger charge is -2.26. The number of halogens is 1. The smallest absolute Gasteiger partial charge is 0.330 e. The van der Waals surface area contributed by atoms with Crippen molar-refractivity contribution in [2.45, 2.75) is 40.2 Å². The van der Waals surface area contributed by atoms with Gasteiger partial charge in [-0.1, -0.05) is 57.0 Å². The standard InChI is InChI=1S/C22H26ClN5O3/c1-4-5-10-27-19(24)18(20(29)26-22(27)31)28(12-13(2)3)21(30)15-11-17(23)25-16-9-7-6-8-14(15)16/h6-9,11,13H,4-5,10,12,24H2,1-3H3,(H,26,29,31). The monoisotopic (exact) mass is 443 g/mol. The lowest BCUT2D eigenvalue weighted by molar-refractivity contribution is 0.0985. The van der Waals surface area contributed by atoms with Gasteiger partial charge in [-0.3, -0.25) is 19.1 Å². The van der Waals surface area contributed by atoms with Crippen molar-refractivity contribution in [1.82, 2.24) is 14.5 Å². The van der Waals surface area contributed by atoms with Gasteiger partial charge in [0.15, 0.2) is 5.69 Å². The number of fused-ring (bicyclic) bond motifs is 1. The second kappa shape index (κ2) is 9.34. The van der Waals surface area contributed by atoms with Crippen molar-refractivity contribution in [3.05, 3.63) is 61.9 Å². The first kappa shape index (κ1) is 22.6. The molecule has 0 saturated carbocycles. The fourth-order valence-electron chi connectivity index (χ4n) is 3.48. The number of nitrogens with zero attached hydrogens (tertiary/aromatic N) is 3. The molecule has 8 nitrogen and oxygen atoms in total. The van der Waals surface area contributed by atoms with Crippen molar-refractivity contribution < 1.29 is 4.79 Å². The number of aromatic amines is 1. The van der Waals surface area contributed by atoms with E-state index in [9.17, 15) is 14.4 Å². The number of carbonyl (C=O) groups excluding carboxylic acids is 1. The van der Waals surface area contributed by atoms with Gasteiger partial charge < -0.3 is 10.6 Å². The summed E-state index contributed by atoms with van der Waals surface area (Å²) in [6.45, 7) is 6.41. The van der Waals surface area contributed by atoms with Crippen molar-refractivity contribution in [2.24, 2.45) is 5.92 Å². The van der Waals surface area contributed by atoms with E-state index in [-0.39, 0.29) is 29.1 Å². The molecule has 0 aliphatic heterocycles. The molecule has 0 spiro atoms. The van der Waals surface area contributed by atoms with Crippen LogP contribution in [0, 0.1) is 5.92 Å². The first-order chi connectivity index (χ1) is 14.7. The van der Waals surface area contributed by atoms with Gasteiger partial charge in [0, 0.05) is 18.5 Å². The highest BCUT2D eigenvalue weighted by molar-refractivity contribution is 6.30. The van der Waals surface area contributed by atoms with E-state index in [1.807, 2.05) is 20.8 Å². The minimum absolute atomic E-state index is 0.0272. The van der Waals surface area contributed by atoms with Gasteiger partial charge in [-0.2, -0.15) is 0 Å². The SMILES string of the molecule is CCCCn1c(N)c(N(CC(C)C)C(=O)c2cc(Cl)nc3ccccc23)c(=O)[nH]c1=O. The fourth-order valence-corrected chi connectivity index (χ4v) is 3.68. The van der Waals surface area contributed by atoms with Crippen LogP contribution in [0.4, 0.5) is 11.5 Å². The van der Waals surface area contributed by atoms with E-state index in [4.69, 9.17) is 17.3 Å². The van der Waals surface area contributed by atoms with Gasteiger partial charge >= 0.3 is 5.69 Å². The van der Waals surface area contributed by atoms with Crippen LogP contribution in [-0.4, -0.2) is 27.0 Å². The summed E-state index contributed by atoms with van der Waals surface area (Å²) >= 11 is 6.17. The second-order valence-electron chi connectivity index (χ2n) is 7.82. The fraction of sp³-hybridized carbons (Fsp3) is 0.364. The lowest BCUT2D eigenvalue weighted by Crippen LogP contribution is -2.42. The quantitative estimate of drug-likeness (QED) is 0.543. The lowest BCUT2D eigenvalue weighted by atomic mass is 10.1. The molecule has 2 aromatic heterocycles. The van der Waals surface area contributed by atoms with E-state index >= 15 is 0 Å². The Bertz CT molecular complexity index is 1230. The van der Waals surface area contributed by atoms with Crippen LogP contribution in [0.15, 0.2) is 39.9 Å². The third kappa shape index (κ3) is 4.64. The molecule has 3 rings (SSSR count). The van der Waals surface area contributed by atoms with Crippen LogP contribution in [0.3, 0.4) is 0 Å². The van der Waals surface area contributed by atoms with E-state index in [2.05, 4.69) is 9.97 Å². The van der Waals surface area contributed by atoms with E-state index in [1.54, 1.807) is 24.3 Å². The molecular formula is C22H26ClN5O3. The average Bonchev–Trinajstić information content (AvgIpc) is 2.71. The van der Waals surface area contributed by atoms with Gasteiger partial charge in [0.1, 0.15) is 11.0 Å². The number of rotatable bonds is 7. The minimum atomic E-state index is -0.700. The molecule has 3 N–H and O–H groups in total. The van der Waals surface area contributed by atoms with E-state index in [0.29, 0.717) is 29.4 Å². The summed E-state index contributed by atoms with van der Waals surface area (Å²) in [4.78, 5) is 46.7. The molecule has 1 amide bonds. The zero-order valence-corrected chi connectivity index (χ0v) is 18.6. The maximum absolute atomic E-state index is 13.7. The van der Waals surface area contributed by atoms with Gasteiger partial charge in [0.25, 0.3) is 11.5 Å². The summed E-state index contributed by atoms with van der Waals surface area (Å²) in [5, 5.41) is 0.779. The zero-order chi connectivity index (χ0) is 22.7. The Kier molecular flexibility index (Phi) is 6.80. The first-order valence-corrected chi connectivity index (χ1v) is 10.6. The number of benzene rings is 1. The van der Waals surface area contributed by atoms with Gasteiger partial charge in [-0.05, 0) is 24.5 Å². The van der Waals surface area contributed by atoms with Gasteiger partial charge in [0.2, 0.25) is 0 Å². The number of aromatic nitrogens is 3. The van der Waals surface area contributed by atoms with Gasteiger partial charge in [0.05, 0.1) is 11.1 Å². The van der Waals surface area contributed by atoms with Crippen LogP contribution in [-0.2, 0) is 6.54 Å². The van der Waals surface area contributed by atoms with Crippen molar-refractivity contribution in [3.8, 4) is 0 Å². The van der Waals surface area contributed by atoms with Crippen molar-refractivity contribution >= 4 is 39.9 Å². The van der Waals surface area contributed by atoms with Crippen LogP contribution in [0.1, 0.15) is 44.0 Å². The highest BCUT2D eigenvalue weighted by Crippen LogP contribution is 2.26. The number of hydrogen-bond donors (Lipinski definition) is 2. The van der Waals surface area contributed by atoms with Crippen LogP contribution >= 0.6 is 11.6 Å². The molecule has 3 aromatic rings. The Morgan fingerprint density at radius 3 is 2.68 bits per heavy atom. The Labute approximate surface area is 184 Å². The maximum Gasteiger partial charge on any atom is 0.330 e. The summed E-state index contributed by atoms with van der Waals surface area (Å²) in [6, 6.07) is 8.62. The Morgan fingerprint density at radius 1 is 1.29 bits per heavy atom. The number of unbranched alkanes of at least 4 members (excludes halogenated alkanes) is 1. The summed E-state index contributed by atoms with van der Waals surface area (Å²) in [5.74, 6) is -0.435. The largest absolute Gasteiger partial charge is 0.383 e. The first-order valence-electron chi connectivity index (χ1n) is 10.2. The van der Waals surface area contributed by atoms with Crippen LogP contribution < -0.4 is 21.9 Å². The molecule has 0 aliphatic rings. The predicted octanol–water partition coefficient (Wildman–Crippen LogP) is 3.42. The number of nitrogen functional groups attached to an aromatic ring is 1. The number of nitrogens with two attached hydrogens (primary N) is 1. The Hall–Kier alpha value is -3.13. The summed E-state index contributed by atoms with van der Waals surface area (Å²) in [6.07, 6.45) is 1.55. The molecule has 164 valence electrons. The van der Waals surface area contributed by atoms with Crippen molar-refractivity contribution in [2.75, 3.05) is 17.2 Å². The number of nitrogens with one attached hydrogen (secondary N) is 1. The molecule has 0 bridgehead atoms. The molecule has 2 heterocycles. The topological polar surface area (TPSA) is 114 Å². The zero-order valence-electron chi connectivity index (χ0n) is 17.8. The molecule has 0 radical (unpaired) electrons. The third-order valence-corrected chi connectivity index (χ3v) is 5.12. The van der Waals surface area contributed by atoms with Crippen LogP contribution in [0.25, 0.3) is 10.9 Å². The minimum Gasteiger partial charge on any atom is -0.383 e. The van der Waals surface area contributed by atoms with Crippen LogP contribution in [0.2, 0.25) is 5.15 Å². The predicted molar refractivity (Wildman–Crippen MR) is 124 cm³/mol. The highest BCUT2D eigenvalue weighted by Gasteiger charge is 2.27. The third-order valence-electron chi connectivity index (χ3n) is 4.93. The Balaban J connectivity index is 2.22. The van der Waals surface area contributed by atoms with Crippen molar-refractivity contribution in [3.63, 3.8) is 0 Å². The van der Waals surface area contributed by atoms with Crippen molar-refractivity contribution in [1.29, 1.82) is 0 Å². The van der Waals surface area contributed by atoms with Gasteiger partial charge in [-0.25, -0.2) is 9.78 Å². The number of amides is 1. The summed E-state index contributed by atoms with van der Waals surface area (Å²) < 4.78 is 1.30. The molecule has 0 fully saturated rings. The number of H-pyrrole nitrogens is 1. The van der Waals surface area contributed by atoms with Crippen LogP contribution in [0.5, 0.6) is 0 Å². The number of hydrogen-bond acceptors (Lipinski definition) is 5. The molecule has 0 aliphatic carbocycles. The molecular weight excluding hydrogens is 418 g/mol. The van der Waals surface area contributed by atoms with E-state index in [1.165, 1.54) is 15.5 Å². The summed E-state index contributed by atoms with van der Waals surface area (Å²) in [5.41, 5.74) is 5.82. The molecule has 1 aromatic carbocycles. The molecule has 31 heavy (non-hydrogen) atoms. The van der Waals surface area contributed by atoms with E-state index < -0.39 is 17.2 Å². The number of pyridine rings is 1. The molecule has 0 saturated heterocycles. The normalized spacial score (nSPS) is 11.3. The second-order valence-corrected chi connectivity index (χ2v) is 8.20. The van der Waals surface area contributed by atoms with Gasteiger partial charge in [-0.15, -0.1) is 0 Å². The molecule has 9 heteroatoms. The number of para-hydroxylation sites is 1. The molecule has 0 unspecified atom stereocenters. The maximum atomic E-state index is 13.7. The summed E-state index contributed by atoms with van der Waals surface area (Å²) in [7, 11) is 0. The average molecular weight is 444 g/mol. The number of anilines is 2.